The van der Waals surface area contributed by atoms with Gasteiger partial charge in [-0.1, -0.05) is 19.4 Å². The molecule has 0 aliphatic heterocycles. The third kappa shape index (κ3) is 1.52. The molecule has 0 unspecified atom stereocenters. The Kier molecular flexibility index (Phi) is 2.27. The van der Waals surface area contributed by atoms with Crippen LogP contribution in [0.4, 0.5) is 0 Å². The van der Waals surface area contributed by atoms with Crippen molar-refractivity contribution in [3.63, 3.8) is 0 Å². The van der Waals surface area contributed by atoms with Crippen molar-refractivity contribution >= 4 is 5.84 Å². The monoisotopic (exact) mass is 166 g/mol. The molecule has 0 aromatic carbocycles. The van der Waals surface area contributed by atoms with Gasteiger partial charge in [0, 0.05) is 0 Å². The largest absolute Gasteiger partial charge is 0.384 e. The first kappa shape index (κ1) is 9.30. The van der Waals surface area contributed by atoms with Gasteiger partial charge < -0.3 is 5.73 Å². The fourth-order valence-electron chi connectivity index (χ4n) is 2.22. The SMILES string of the molecule is CC1=C(C(=N)N)C(C)(C)CCC1. The molecule has 1 rings (SSSR count). The summed E-state index contributed by atoms with van der Waals surface area (Å²) in [6, 6.07) is 0. The summed E-state index contributed by atoms with van der Waals surface area (Å²) in [6.07, 6.45) is 3.49. The molecule has 0 aromatic rings. The Morgan fingerprint density at radius 1 is 1.50 bits per heavy atom. The summed E-state index contributed by atoms with van der Waals surface area (Å²) in [7, 11) is 0. The van der Waals surface area contributed by atoms with Crippen LogP contribution in [0.1, 0.15) is 40.0 Å². The molecule has 0 heterocycles. The molecule has 68 valence electrons. The van der Waals surface area contributed by atoms with E-state index in [2.05, 4.69) is 20.8 Å². The predicted molar refractivity (Wildman–Crippen MR) is 52.2 cm³/mol. The molecule has 0 spiro atoms. The van der Waals surface area contributed by atoms with E-state index in [1.807, 2.05) is 0 Å². The Bertz CT molecular complexity index is 236. The topological polar surface area (TPSA) is 49.9 Å². The summed E-state index contributed by atoms with van der Waals surface area (Å²) in [4.78, 5) is 0. The number of hydrogen-bond donors (Lipinski definition) is 2. The van der Waals surface area contributed by atoms with Crippen LogP contribution in [0.3, 0.4) is 0 Å². The molecule has 0 fully saturated rings. The van der Waals surface area contributed by atoms with Gasteiger partial charge in [0.15, 0.2) is 0 Å². The number of rotatable bonds is 1. The zero-order valence-corrected chi connectivity index (χ0v) is 8.20. The highest BCUT2D eigenvalue weighted by atomic mass is 14.7. The maximum absolute atomic E-state index is 7.49. The molecular weight excluding hydrogens is 148 g/mol. The smallest absolute Gasteiger partial charge is 0.119 e. The summed E-state index contributed by atoms with van der Waals surface area (Å²) in [5.41, 5.74) is 8.06. The van der Waals surface area contributed by atoms with E-state index >= 15 is 0 Å². The lowest BCUT2D eigenvalue weighted by atomic mass is 9.72. The number of nitrogens with two attached hydrogens (primary N) is 1. The van der Waals surface area contributed by atoms with Crippen LogP contribution in [-0.4, -0.2) is 5.84 Å². The van der Waals surface area contributed by atoms with Crippen LogP contribution in [0.2, 0.25) is 0 Å². The van der Waals surface area contributed by atoms with Crippen LogP contribution in [-0.2, 0) is 0 Å². The third-order valence-electron chi connectivity index (χ3n) is 2.73. The molecule has 0 saturated heterocycles. The van der Waals surface area contributed by atoms with Crippen molar-refractivity contribution < 1.29 is 0 Å². The van der Waals surface area contributed by atoms with Gasteiger partial charge in [-0.3, -0.25) is 5.41 Å². The van der Waals surface area contributed by atoms with Gasteiger partial charge >= 0.3 is 0 Å². The summed E-state index contributed by atoms with van der Waals surface area (Å²) in [5, 5.41) is 7.49. The van der Waals surface area contributed by atoms with Gasteiger partial charge in [0.05, 0.1) is 0 Å². The average Bonchev–Trinajstić information content (AvgIpc) is 1.82. The lowest BCUT2D eigenvalue weighted by Crippen LogP contribution is -2.29. The highest BCUT2D eigenvalue weighted by molar-refractivity contribution is 5.96. The third-order valence-corrected chi connectivity index (χ3v) is 2.73. The Morgan fingerprint density at radius 3 is 2.42 bits per heavy atom. The van der Waals surface area contributed by atoms with Gasteiger partial charge in [0.25, 0.3) is 0 Å². The molecule has 12 heavy (non-hydrogen) atoms. The summed E-state index contributed by atoms with van der Waals surface area (Å²) < 4.78 is 0. The van der Waals surface area contributed by atoms with Gasteiger partial charge in [-0.15, -0.1) is 0 Å². The minimum atomic E-state index is 0.119. The maximum Gasteiger partial charge on any atom is 0.119 e. The zero-order valence-electron chi connectivity index (χ0n) is 8.20. The standard InChI is InChI=1S/C10H18N2/c1-7-5-4-6-10(2,3)8(7)9(11)12/h4-6H2,1-3H3,(H3,11,12). The first-order valence-corrected chi connectivity index (χ1v) is 4.50. The van der Waals surface area contributed by atoms with E-state index in [9.17, 15) is 0 Å². The average molecular weight is 166 g/mol. The van der Waals surface area contributed by atoms with E-state index in [1.165, 1.54) is 12.0 Å². The highest BCUT2D eigenvalue weighted by Gasteiger charge is 2.29. The minimum absolute atomic E-state index is 0.119. The Balaban J connectivity index is 3.09. The molecule has 0 radical (unpaired) electrons. The number of allylic oxidation sites excluding steroid dienone is 1. The van der Waals surface area contributed by atoms with Crippen LogP contribution >= 0.6 is 0 Å². The number of hydrogen-bond acceptors (Lipinski definition) is 1. The maximum atomic E-state index is 7.49. The Hall–Kier alpha value is -0.790. The van der Waals surface area contributed by atoms with Crippen molar-refractivity contribution in [1.82, 2.24) is 0 Å². The van der Waals surface area contributed by atoms with Crippen molar-refractivity contribution in [2.24, 2.45) is 11.1 Å². The van der Waals surface area contributed by atoms with Crippen molar-refractivity contribution in [2.45, 2.75) is 40.0 Å². The molecule has 2 nitrogen and oxygen atoms in total. The summed E-state index contributed by atoms with van der Waals surface area (Å²) in [6.45, 7) is 6.44. The first-order chi connectivity index (χ1) is 5.45. The van der Waals surface area contributed by atoms with E-state index in [0.29, 0.717) is 0 Å². The fourth-order valence-corrected chi connectivity index (χ4v) is 2.22. The van der Waals surface area contributed by atoms with Crippen molar-refractivity contribution in [1.29, 1.82) is 5.41 Å². The highest BCUT2D eigenvalue weighted by Crippen LogP contribution is 2.39. The lowest BCUT2D eigenvalue weighted by Gasteiger charge is -2.33. The van der Waals surface area contributed by atoms with Crippen LogP contribution in [0.5, 0.6) is 0 Å². The second-order valence-electron chi connectivity index (χ2n) is 4.31. The van der Waals surface area contributed by atoms with Crippen LogP contribution in [0.25, 0.3) is 0 Å². The van der Waals surface area contributed by atoms with Gasteiger partial charge in [0.2, 0.25) is 0 Å². The van der Waals surface area contributed by atoms with Crippen LogP contribution in [0, 0.1) is 10.8 Å². The van der Waals surface area contributed by atoms with Gasteiger partial charge in [-0.05, 0) is 37.2 Å². The van der Waals surface area contributed by atoms with E-state index in [1.54, 1.807) is 0 Å². The molecule has 0 saturated carbocycles. The van der Waals surface area contributed by atoms with Crippen LogP contribution in [0.15, 0.2) is 11.1 Å². The minimum Gasteiger partial charge on any atom is -0.384 e. The van der Waals surface area contributed by atoms with Gasteiger partial charge in [-0.2, -0.15) is 0 Å². The normalized spacial score (nSPS) is 22.6. The molecule has 0 aromatic heterocycles. The number of nitrogens with one attached hydrogen (secondary N) is 1. The molecule has 1 aliphatic rings. The molecule has 0 bridgehead atoms. The molecule has 3 N–H and O–H groups in total. The number of amidine groups is 1. The first-order valence-electron chi connectivity index (χ1n) is 4.50. The van der Waals surface area contributed by atoms with Crippen molar-refractivity contribution in [3.8, 4) is 0 Å². The second-order valence-corrected chi connectivity index (χ2v) is 4.31. The van der Waals surface area contributed by atoms with E-state index < -0.39 is 0 Å². The van der Waals surface area contributed by atoms with E-state index in [0.717, 1.165) is 18.4 Å². The molecule has 1 aliphatic carbocycles. The molecule has 0 amide bonds. The van der Waals surface area contributed by atoms with Crippen molar-refractivity contribution in [3.05, 3.63) is 11.1 Å². The Morgan fingerprint density at radius 2 is 2.08 bits per heavy atom. The summed E-state index contributed by atoms with van der Waals surface area (Å²) in [5.74, 6) is 0.261. The van der Waals surface area contributed by atoms with E-state index in [-0.39, 0.29) is 11.3 Å². The van der Waals surface area contributed by atoms with Crippen molar-refractivity contribution in [2.75, 3.05) is 0 Å². The molecular formula is C10H18N2. The second kappa shape index (κ2) is 2.92. The van der Waals surface area contributed by atoms with Crippen LogP contribution < -0.4 is 5.73 Å². The molecule has 2 heteroatoms. The van der Waals surface area contributed by atoms with Gasteiger partial charge in [0.1, 0.15) is 5.84 Å². The quantitative estimate of drug-likeness (QED) is 0.456. The zero-order chi connectivity index (χ0) is 9.35. The summed E-state index contributed by atoms with van der Waals surface area (Å²) >= 11 is 0. The lowest BCUT2D eigenvalue weighted by molar-refractivity contribution is 0.381. The fraction of sp³-hybridized carbons (Fsp3) is 0.700. The Labute approximate surface area is 74.4 Å². The molecule has 0 atom stereocenters. The van der Waals surface area contributed by atoms with E-state index in [4.69, 9.17) is 11.1 Å². The predicted octanol–water partition coefficient (Wildman–Crippen LogP) is 2.45. The van der Waals surface area contributed by atoms with Gasteiger partial charge in [-0.25, -0.2) is 0 Å².